The Balaban J connectivity index is 2.43. The Morgan fingerprint density at radius 2 is 1.62 bits per heavy atom. The molecule has 1 unspecified atom stereocenters. The topological polar surface area (TPSA) is 0 Å². The lowest BCUT2D eigenvalue weighted by Crippen LogP contribution is -2.50. The van der Waals surface area contributed by atoms with Gasteiger partial charge in [0.1, 0.15) is 0 Å². The Labute approximate surface area is 158 Å². The van der Waals surface area contributed by atoms with Gasteiger partial charge < -0.3 is 0 Å². The van der Waals surface area contributed by atoms with Crippen molar-refractivity contribution in [2.75, 3.05) is 0 Å². The number of hydrogen-bond donors (Lipinski definition) is 0. The van der Waals surface area contributed by atoms with E-state index in [1.54, 1.807) is 38.1 Å². The molecule has 0 radical (unpaired) electrons. The van der Waals surface area contributed by atoms with Crippen LogP contribution in [0.25, 0.3) is 0 Å². The van der Waals surface area contributed by atoms with Crippen LogP contribution in [0.15, 0.2) is 51.4 Å². The molecule has 1 atom stereocenters. The highest BCUT2D eigenvalue weighted by Crippen LogP contribution is 2.55. The monoisotopic (exact) mass is 462 g/mol. The van der Waals surface area contributed by atoms with Crippen molar-refractivity contribution in [1.82, 2.24) is 0 Å². The number of thioether (sulfide) groups is 1. The normalized spacial score (nSPS) is 22.1. The molecule has 0 N–H and O–H groups in total. The molecule has 1 aromatic carbocycles. The number of allylic oxidation sites excluding steroid dienone is 3. The van der Waals surface area contributed by atoms with Crippen LogP contribution < -0.4 is 0 Å². The summed E-state index contributed by atoms with van der Waals surface area (Å²) in [7, 11) is 0. The molecule has 1 aliphatic rings. The van der Waals surface area contributed by atoms with Crippen molar-refractivity contribution in [1.29, 1.82) is 0 Å². The standard InChI is InChI=1S/C17H14BrF7S/c1-10-7-11(26-17(24,25)15(19,20)16(21,22)23)9-14(2,8-10)12-5-3-4-6-13(12)18/h3-7,9H,8H2,1-2H3. The van der Waals surface area contributed by atoms with Crippen molar-refractivity contribution in [3.8, 4) is 0 Å². The lowest BCUT2D eigenvalue weighted by atomic mass is 9.75. The quantitative estimate of drug-likeness (QED) is 0.418. The molecule has 0 bridgehead atoms. The first-order chi connectivity index (χ1) is 11.7. The van der Waals surface area contributed by atoms with Crippen molar-refractivity contribution in [2.45, 2.75) is 43.0 Å². The third-order valence-electron chi connectivity index (χ3n) is 3.95. The molecule has 1 aliphatic carbocycles. The van der Waals surface area contributed by atoms with Crippen molar-refractivity contribution >= 4 is 27.7 Å². The predicted molar refractivity (Wildman–Crippen MR) is 91.5 cm³/mol. The van der Waals surface area contributed by atoms with E-state index in [2.05, 4.69) is 15.9 Å². The molecule has 0 nitrogen and oxygen atoms in total. The highest BCUT2D eigenvalue weighted by molar-refractivity contribution is 9.10. The molecule has 0 fully saturated rings. The minimum atomic E-state index is -6.34. The van der Waals surface area contributed by atoms with Gasteiger partial charge in [0.15, 0.2) is 0 Å². The number of hydrogen-bond acceptors (Lipinski definition) is 1. The number of alkyl halides is 7. The van der Waals surface area contributed by atoms with Gasteiger partial charge in [-0.1, -0.05) is 52.7 Å². The summed E-state index contributed by atoms with van der Waals surface area (Å²) in [6.45, 7) is 3.33. The molecule has 1 aromatic rings. The molecule has 0 saturated heterocycles. The fourth-order valence-electron chi connectivity index (χ4n) is 2.81. The van der Waals surface area contributed by atoms with E-state index in [-0.39, 0.29) is 4.91 Å². The SMILES string of the molecule is CC1=CC(SC(F)(F)C(F)(F)C(F)(F)F)=CC(C)(c2ccccc2Br)C1. The second kappa shape index (κ2) is 6.89. The minimum Gasteiger partial charge on any atom is -0.188 e. The van der Waals surface area contributed by atoms with Gasteiger partial charge in [0.2, 0.25) is 0 Å². The maximum atomic E-state index is 13.8. The zero-order valence-electron chi connectivity index (χ0n) is 13.6. The highest BCUT2D eigenvalue weighted by atomic mass is 79.9. The Morgan fingerprint density at radius 3 is 2.15 bits per heavy atom. The predicted octanol–water partition coefficient (Wildman–Crippen LogP) is 7.46. The highest BCUT2D eigenvalue weighted by Gasteiger charge is 2.73. The van der Waals surface area contributed by atoms with Crippen LogP contribution in [0.1, 0.15) is 25.8 Å². The summed E-state index contributed by atoms with van der Waals surface area (Å²) < 4.78 is 91.6. The zero-order chi connectivity index (χ0) is 20.0. The van der Waals surface area contributed by atoms with Crippen LogP contribution in [-0.2, 0) is 5.41 Å². The molecule has 144 valence electrons. The van der Waals surface area contributed by atoms with Crippen LogP contribution in [0.2, 0.25) is 0 Å². The summed E-state index contributed by atoms with van der Waals surface area (Å²) in [5.41, 5.74) is 0.487. The van der Waals surface area contributed by atoms with Crippen LogP contribution in [0, 0.1) is 0 Å². The third-order valence-corrected chi connectivity index (χ3v) is 5.63. The van der Waals surface area contributed by atoms with Crippen LogP contribution in [0.4, 0.5) is 30.7 Å². The number of benzene rings is 1. The van der Waals surface area contributed by atoms with Gasteiger partial charge in [-0.25, -0.2) is 0 Å². The Hall–Kier alpha value is -0.960. The summed E-state index contributed by atoms with van der Waals surface area (Å²) in [6, 6.07) is 6.96. The van der Waals surface area contributed by atoms with Gasteiger partial charge in [-0.05, 0) is 42.8 Å². The molecular weight excluding hydrogens is 449 g/mol. The van der Waals surface area contributed by atoms with Crippen molar-refractivity contribution in [3.63, 3.8) is 0 Å². The summed E-state index contributed by atoms with van der Waals surface area (Å²) in [5.74, 6) is -6.14. The second-order valence-corrected chi connectivity index (χ2v) is 8.35. The number of rotatable bonds is 4. The second-order valence-electron chi connectivity index (χ2n) is 6.30. The molecule has 0 aliphatic heterocycles. The smallest absolute Gasteiger partial charge is 0.188 e. The Bertz CT molecular complexity index is 752. The van der Waals surface area contributed by atoms with E-state index in [9.17, 15) is 30.7 Å². The molecule has 2 rings (SSSR count). The molecular formula is C17H14BrF7S. The van der Waals surface area contributed by atoms with E-state index in [0.717, 1.165) is 5.56 Å². The lowest BCUT2D eigenvalue weighted by Gasteiger charge is -2.34. The van der Waals surface area contributed by atoms with Gasteiger partial charge in [-0.15, -0.1) is 0 Å². The summed E-state index contributed by atoms with van der Waals surface area (Å²) in [6.07, 6.45) is -3.40. The largest absolute Gasteiger partial charge is 0.460 e. The van der Waals surface area contributed by atoms with Gasteiger partial charge >= 0.3 is 17.4 Å². The number of halogens is 8. The van der Waals surface area contributed by atoms with E-state index in [4.69, 9.17) is 0 Å². The summed E-state index contributed by atoms with van der Waals surface area (Å²) in [5, 5.41) is -5.33. The minimum absolute atomic E-state index is 0.332. The van der Waals surface area contributed by atoms with Crippen molar-refractivity contribution in [2.24, 2.45) is 0 Å². The molecule has 26 heavy (non-hydrogen) atoms. The fourth-order valence-corrected chi connectivity index (χ4v) is 4.67. The van der Waals surface area contributed by atoms with E-state index < -0.39 is 34.5 Å². The van der Waals surface area contributed by atoms with Crippen LogP contribution >= 0.6 is 27.7 Å². The van der Waals surface area contributed by atoms with Gasteiger partial charge in [-0.3, -0.25) is 0 Å². The van der Waals surface area contributed by atoms with E-state index >= 15 is 0 Å². The lowest BCUT2D eigenvalue weighted by molar-refractivity contribution is -0.330. The summed E-state index contributed by atoms with van der Waals surface area (Å²) in [4.78, 5) is -0.332. The van der Waals surface area contributed by atoms with Crippen molar-refractivity contribution in [3.05, 3.63) is 56.9 Å². The first-order valence-electron chi connectivity index (χ1n) is 7.36. The first kappa shape index (κ1) is 21.3. The van der Waals surface area contributed by atoms with E-state index in [1.807, 2.05) is 0 Å². The fraction of sp³-hybridized carbons (Fsp3) is 0.412. The van der Waals surface area contributed by atoms with Crippen molar-refractivity contribution < 1.29 is 30.7 Å². The zero-order valence-corrected chi connectivity index (χ0v) is 16.0. The average molecular weight is 463 g/mol. The summed E-state index contributed by atoms with van der Waals surface area (Å²) >= 11 is 2.58. The molecule has 0 heterocycles. The molecule has 0 aromatic heterocycles. The third kappa shape index (κ3) is 3.98. The Morgan fingerprint density at radius 1 is 1.04 bits per heavy atom. The first-order valence-corrected chi connectivity index (χ1v) is 8.97. The van der Waals surface area contributed by atoms with Crippen LogP contribution in [0.5, 0.6) is 0 Å². The maximum Gasteiger partial charge on any atom is 0.460 e. The van der Waals surface area contributed by atoms with Crippen LogP contribution in [0.3, 0.4) is 0 Å². The molecule has 9 heteroatoms. The van der Waals surface area contributed by atoms with E-state index in [0.29, 0.717) is 16.5 Å². The van der Waals surface area contributed by atoms with Crippen LogP contribution in [-0.4, -0.2) is 17.4 Å². The molecule has 0 spiro atoms. The van der Waals surface area contributed by atoms with Gasteiger partial charge in [0.05, 0.1) is 0 Å². The average Bonchev–Trinajstić information content (AvgIpc) is 2.44. The van der Waals surface area contributed by atoms with Gasteiger partial charge in [0.25, 0.3) is 0 Å². The molecule has 0 amide bonds. The molecule has 0 saturated carbocycles. The van der Waals surface area contributed by atoms with Gasteiger partial charge in [-0.2, -0.15) is 30.7 Å². The maximum absolute atomic E-state index is 13.8. The van der Waals surface area contributed by atoms with Gasteiger partial charge in [0, 0.05) is 14.8 Å². The Kier molecular flexibility index (Phi) is 5.65. The van der Waals surface area contributed by atoms with E-state index in [1.165, 1.54) is 12.2 Å².